The number of sulfonamides is 1. The molecule has 0 aliphatic heterocycles. The molecule has 2 aromatic rings. The van der Waals surface area contributed by atoms with Gasteiger partial charge in [0.25, 0.3) is 10.0 Å². The smallest absolute Gasteiger partial charge is 0.257 e. The molecule has 2 rings (SSSR count). The molecule has 0 spiro atoms. The van der Waals surface area contributed by atoms with Crippen molar-refractivity contribution in [3.05, 3.63) is 41.6 Å². The molecule has 2 heterocycles. The number of hydrogen-bond acceptors (Lipinski definition) is 4. The zero-order valence-corrected chi connectivity index (χ0v) is 11.7. The van der Waals surface area contributed by atoms with Gasteiger partial charge in [-0.2, -0.15) is 0 Å². The quantitative estimate of drug-likeness (QED) is 0.860. The average molecular weight is 280 g/mol. The van der Waals surface area contributed by atoms with Crippen LogP contribution in [0.4, 0.5) is 0 Å². The number of aryl methyl sites for hydroxylation is 2. The van der Waals surface area contributed by atoms with Gasteiger partial charge in [-0.3, -0.25) is 4.98 Å². The molecule has 0 unspecified atom stereocenters. The van der Waals surface area contributed by atoms with Crippen LogP contribution in [0.3, 0.4) is 0 Å². The van der Waals surface area contributed by atoms with Crippen molar-refractivity contribution < 1.29 is 8.42 Å². The number of aromatic nitrogens is 3. The maximum Gasteiger partial charge on any atom is 0.257 e. The fraction of sp³-hybridized carbons (Fsp3) is 0.333. The normalized spacial score (nSPS) is 11.7. The second kappa shape index (κ2) is 5.50. The number of pyridine rings is 1. The molecule has 6 nitrogen and oxygen atoms in total. The van der Waals surface area contributed by atoms with Gasteiger partial charge in [-0.05, 0) is 25.0 Å². The first-order valence-corrected chi connectivity index (χ1v) is 7.45. The number of imidazole rings is 1. The van der Waals surface area contributed by atoms with Gasteiger partial charge in [0.1, 0.15) is 5.82 Å². The lowest BCUT2D eigenvalue weighted by Crippen LogP contribution is -2.24. The highest BCUT2D eigenvalue weighted by Gasteiger charge is 2.16. The summed E-state index contributed by atoms with van der Waals surface area (Å²) in [4.78, 5) is 10.8. The minimum atomic E-state index is -3.57. The first-order chi connectivity index (χ1) is 9.03. The van der Waals surface area contributed by atoms with Crippen LogP contribution in [-0.2, 0) is 23.0 Å². The number of rotatable bonds is 5. The predicted octanol–water partition coefficient (Wildman–Crippen LogP) is 1.15. The Hall–Kier alpha value is -1.73. The number of nitrogens with zero attached hydrogens (tertiary/aromatic N) is 2. The first kappa shape index (κ1) is 13.7. The van der Waals surface area contributed by atoms with E-state index in [-0.39, 0.29) is 11.6 Å². The first-order valence-electron chi connectivity index (χ1n) is 5.97. The predicted molar refractivity (Wildman–Crippen MR) is 71.0 cm³/mol. The van der Waals surface area contributed by atoms with Gasteiger partial charge in [0.15, 0.2) is 5.03 Å². The summed E-state index contributed by atoms with van der Waals surface area (Å²) in [6.45, 7) is 3.88. The summed E-state index contributed by atoms with van der Waals surface area (Å²) >= 11 is 0. The summed E-state index contributed by atoms with van der Waals surface area (Å²) in [6.07, 6.45) is 3.77. The van der Waals surface area contributed by atoms with E-state index in [0.717, 1.165) is 17.7 Å². The minimum absolute atomic E-state index is 0.0685. The molecule has 0 aliphatic rings. The lowest BCUT2D eigenvalue weighted by molar-refractivity contribution is 0.576. The van der Waals surface area contributed by atoms with E-state index in [0.29, 0.717) is 5.82 Å². The molecule has 2 aromatic heterocycles. The SMILES string of the molecule is CCc1cccnc1CNS(=O)(=O)c1cnc(C)[nH]1. The molecule has 7 heteroatoms. The van der Waals surface area contributed by atoms with Crippen molar-refractivity contribution in [3.8, 4) is 0 Å². The fourth-order valence-corrected chi connectivity index (χ4v) is 2.68. The second-order valence-electron chi connectivity index (χ2n) is 4.12. The van der Waals surface area contributed by atoms with Crippen LogP contribution >= 0.6 is 0 Å². The van der Waals surface area contributed by atoms with Gasteiger partial charge in [0.2, 0.25) is 0 Å². The van der Waals surface area contributed by atoms with Crippen LogP contribution in [0.15, 0.2) is 29.6 Å². The maximum atomic E-state index is 12.0. The van der Waals surface area contributed by atoms with E-state index >= 15 is 0 Å². The average Bonchev–Trinajstić information content (AvgIpc) is 2.84. The Morgan fingerprint density at radius 2 is 2.16 bits per heavy atom. The van der Waals surface area contributed by atoms with Gasteiger partial charge >= 0.3 is 0 Å². The monoisotopic (exact) mass is 280 g/mol. The Kier molecular flexibility index (Phi) is 3.96. The van der Waals surface area contributed by atoms with Crippen molar-refractivity contribution in [1.82, 2.24) is 19.7 Å². The summed E-state index contributed by atoms with van der Waals surface area (Å²) in [7, 11) is -3.57. The molecule has 0 aliphatic carbocycles. The van der Waals surface area contributed by atoms with Crippen LogP contribution < -0.4 is 4.72 Å². The van der Waals surface area contributed by atoms with E-state index in [9.17, 15) is 8.42 Å². The van der Waals surface area contributed by atoms with Gasteiger partial charge in [-0.15, -0.1) is 0 Å². The molecule has 0 fully saturated rings. The van der Waals surface area contributed by atoms with Gasteiger partial charge < -0.3 is 4.98 Å². The van der Waals surface area contributed by atoms with Crippen LogP contribution in [0.2, 0.25) is 0 Å². The van der Waals surface area contributed by atoms with Gasteiger partial charge in [-0.25, -0.2) is 18.1 Å². The Morgan fingerprint density at radius 3 is 2.79 bits per heavy atom. The van der Waals surface area contributed by atoms with Crippen molar-refractivity contribution in [2.75, 3.05) is 0 Å². The van der Waals surface area contributed by atoms with Crippen LogP contribution in [0.25, 0.3) is 0 Å². The minimum Gasteiger partial charge on any atom is -0.332 e. The molecule has 2 N–H and O–H groups in total. The van der Waals surface area contributed by atoms with Crippen molar-refractivity contribution in [1.29, 1.82) is 0 Å². The summed E-state index contributed by atoms with van der Waals surface area (Å²) < 4.78 is 26.5. The van der Waals surface area contributed by atoms with E-state index in [2.05, 4.69) is 19.7 Å². The molecular weight excluding hydrogens is 264 g/mol. The molecule has 0 saturated heterocycles. The largest absolute Gasteiger partial charge is 0.332 e. The van der Waals surface area contributed by atoms with Crippen molar-refractivity contribution >= 4 is 10.0 Å². The van der Waals surface area contributed by atoms with E-state index in [1.807, 2.05) is 19.1 Å². The number of nitrogens with one attached hydrogen (secondary N) is 2. The van der Waals surface area contributed by atoms with Crippen LogP contribution in [0.5, 0.6) is 0 Å². The third-order valence-electron chi connectivity index (χ3n) is 2.76. The second-order valence-corrected chi connectivity index (χ2v) is 5.86. The van der Waals surface area contributed by atoms with Crippen LogP contribution in [0, 0.1) is 6.92 Å². The molecule has 19 heavy (non-hydrogen) atoms. The molecule has 0 radical (unpaired) electrons. The molecule has 0 atom stereocenters. The van der Waals surface area contributed by atoms with Gasteiger partial charge in [0.05, 0.1) is 18.4 Å². The summed E-state index contributed by atoms with van der Waals surface area (Å²) in [6, 6.07) is 3.78. The van der Waals surface area contributed by atoms with Crippen molar-refractivity contribution in [2.24, 2.45) is 0 Å². The Labute approximate surface area is 112 Å². The van der Waals surface area contributed by atoms with Gasteiger partial charge in [0, 0.05) is 6.20 Å². The van der Waals surface area contributed by atoms with Gasteiger partial charge in [-0.1, -0.05) is 13.0 Å². The summed E-state index contributed by atoms with van der Waals surface area (Å²) in [5.41, 5.74) is 1.77. The van der Waals surface area contributed by atoms with E-state index in [4.69, 9.17) is 0 Å². The third kappa shape index (κ3) is 3.18. The maximum absolute atomic E-state index is 12.0. The van der Waals surface area contributed by atoms with E-state index < -0.39 is 10.0 Å². The molecule has 0 aromatic carbocycles. The zero-order chi connectivity index (χ0) is 13.9. The van der Waals surface area contributed by atoms with E-state index in [1.165, 1.54) is 6.20 Å². The number of aromatic amines is 1. The van der Waals surface area contributed by atoms with Crippen molar-refractivity contribution in [3.63, 3.8) is 0 Å². The molecule has 0 saturated carbocycles. The topological polar surface area (TPSA) is 87.7 Å². The fourth-order valence-electron chi connectivity index (χ4n) is 1.73. The Balaban J connectivity index is 2.14. The Morgan fingerprint density at radius 1 is 1.37 bits per heavy atom. The number of H-pyrrole nitrogens is 1. The summed E-state index contributed by atoms with van der Waals surface area (Å²) in [5, 5.41) is 0.0685. The Bertz CT molecular complexity index is 664. The molecule has 102 valence electrons. The highest BCUT2D eigenvalue weighted by Crippen LogP contribution is 2.09. The van der Waals surface area contributed by atoms with Crippen LogP contribution in [-0.4, -0.2) is 23.4 Å². The molecule has 0 bridgehead atoms. The highest BCUT2D eigenvalue weighted by atomic mass is 32.2. The number of hydrogen-bond donors (Lipinski definition) is 2. The summed E-state index contributed by atoms with van der Waals surface area (Å²) in [5.74, 6) is 0.562. The van der Waals surface area contributed by atoms with Crippen LogP contribution in [0.1, 0.15) is 24.0 Å². The van der Waals surface area contributed by atoms with Crippen molar-refractivity contribution in [2.45, 2.75) is 31.8 Å². The molecule has 0 amide bonds. The molecular formula is C12H16N4O2S. The lowest BCUT2D eigenvalue weighted by atomic mass is 10.1. The zero-order valence-electron chi connectivity index (χ0n) is 10.8. The van der Waals surface area contributed by atoms with E-state index in [1.54, 1.807) is 13.1 Å². The lowest BCUT2D eigenvalue weighted by Gasteiger charge is -2.07. The standard InChI is InChI=1S/C12H16N4O2S/c1-3-10-5-4-6-13-11(10)7-15-19(17,18)12-8-14-9(2)16-12/h4-6,8,15H,3,7H2,1-2H3,(H,14,16). The highest BCUT2D eigenvalue weighted by molar-refractivity contribution is 7.89. The third-order valence-corrected chi connectivity index (χ3v) is 4.08.